The number of hydrogen-bond acceptors (Lipinski definition) is 3. The van der Waals surface area contributed by atoms with Crippen molar-refractivity contribution in [3.63, 3.8) is 0 Å². The maximum absolute atomic E-state index is 11.1. The van der Waals surface area contributed by atoms with Gasteiger partial charge in [0, 0.05) is 11.5 Å². The zero-order chi connectivity index (χ0) is 11.9. The van der Waals surface area contributed by atoms with Crippen molar-refractivity contribution in [2.45, 2.75) is 0 Å². The van der Waals surface area contributed by atoms with Crippen molar-refractivity contribution in [2.75, 3.05) is 0 Å². The van der Waals surface area contributed by atoms with E-state index in [0.29, 0.717) is 10.9 Å². The third kappa shape index (κ3) is 1.45. The molecule has 0 fully saturated rings. The predicted molar refractivity (Wildman–Crippen MR) is 61.4 cm³/mol. The Morgan fingerprint density at radius 2 is 2.19 bits per heavy atom. The molecule has 1 amide bonds. The van der Waals surface area contributed by atoms with E-state index in [0.717, 1.165) is 0 Å². The minimum absolute atomic E-state index is 0.0816. The van der Waals surface area contributed by atoms with Crippen LogP contribution in [-0.2, 0) is 0 Å². The highest BCUT2D eigenvalue weighted by Crippen LogP contribution is 2.29. The highest BCUT2D eigenvalue weighted by atomic mass is 79.9. The lowest BCUT2D eigenvalue weighted by molar-refractivity contribution is -0.383. The van der Waals surface area contributed by atoms with Gasteiger partial charge in [-0.1, -0.05) is 12.1 Å². The van der Waals surface area contributed by atoms with Crippen LogP contribution in [0.2, 0.25) is 0 Å². The number of rotatable bonds is 2. The summed E-state index contributed by atoms with van der Waals surface area (Å²) in [7, 11) is 0. The van der Waals surface area contributed by atoms with E-state index in [2.05, 4.69) is 16.1 Å². The minimum atomic E-state index is -0.651. The molecular formula is C9H6BrN3O3. The van der Waals surface area contributed by atoms with Gasteiger partial charge in [-0.3, -0.25) is 18.5 Å². The molecule has 0 bridgehead atoms. The number of primary amides is 1. The molecule has 82 valence electrons. The van der Waals surface area contributed by atoms with Crippen LogP contribution in [0.4, 0.5) is 5.69 Å². The van der Waals surface area contributed by atoms with E-state index >= 15 is 0 Å². The lowest BCUT2D eigenvalue weighted by Crippen LogP contribution is -2.13. The van der Waals surface area contributed by atoms with Crippen molar-refractivity contribution in [3.05, 3.63) is 40.1 Å². The van der Waals surface area contributed by atoms with Crippen molar-refractivity contribution in [1.82, 2.24) is 3.59 Å². The Hall–Kier alpha value is -1.89. The van der Waals surface area contributed by atoms with Crippen molar-refractivity contribution in [1.29, 1.82) is 0 Å². The number of nitro benzene ring substituents is 1. The molecule has 1 aromatic carbocycles. The molecule has 1 heterocycles. The molecule has 0 saturated carbocycles. The summed E-state index contributed by atoms with van der Waals surface area (Å²) in [5.74, 6) is -0.651. The van der Waals surface area contributed by atoms with Crippen molar-refractivity contribution in [2.24, 2.45) is 5.73 Å². The van der Waals surface area contributed by atoms with Crippen molar-refractivity contribution >= 4 is 38.6 Å². The fourth-order valence-corrected chi connectivity index (χ4v) is 2.18. The molecule has 0 spiro atoms. The van der Waals surface area contributed by atoms with Gasteiger partial charge < -0.3 is 5.73 Å². The van der Waals surface area contributed by atoms with Gasteiger partial charge in [0.15, 0.2) is 0 Å². The highest BCUT2D eigenvalue weighted by molar-refractivity contribution is 9.08. The molecular weight excluding hydrogens is 278 g/mol. The fraction of sp³-hybridized carbons (Fsp3) is 0. The summed E-state index contributed by atoms with van der Waals surface area (Å²) in [4.78, 5) is 21.4. The first-order valence-electron chi connectivity index (χ1n) is 4.27. The van der Waals surface area contributed by atoms with Crippen LogP contribution < -0.4 is 5.73 Å². The van der Waals surface area contributed by atoms with Crippen LogP contribution in [-0.4, -0.2) is 14.4 Å². The summed E-state index contributed by atoms with van der Waals surface area (Å²) in [6.45, 7) is 0. The Bertz CT molecular complexity index is 605. The molecule has 0 aliphatic heterocycles. The Morgan fingerprint density at radius 1 is 1.50 bits per heavy atom. The van der Waals surface area contributed by atoms with Gasteiger partial charge in [0.05, 0.1) is 21.1 Å². The summed E-state index contributed by atoms with van der Waals surface area (Å²) in [5, 5.41) is 11.4. The molecule has 0 aliphatic carbocycles. The van der Waals surface area contributed by atoms with Gasteiger partial charge in [-0.05, 0) is 6.07 Å². The summed E-state index contributed by atoms with van der Waals surface area (Å²) in [6, 6.07) is 6.09. The number of halogens is 1. The van der Waals surface area contributed by atoms with Gasteiger partial charge in [-0.15, -0.1) is 0 Å². The normalized spacial score (nSPS) is 10.6. The number of non-ortho nitro benzene ring substituents is 1. The third-order valence-electron chi connectivity index (χ3n) is 2.20. The third-order valence-corrected chi connectivity index (χ3v) is 2.93. The van der Waals surface area contributed by atoms with E-state index in [-0.39, 0.29) is 11.4 Å². The second kappa shape index (κ2) is 3.60. The smallest absolute Gasteiger partial charge is 0.294 e. The summed E-state index contributed by atoms with van der Waals surface area (Å²) in [5.41, 5.74) is 5.55. The molecule has 0 radical (unpaired) electrons. The molecule has 0 aliphatic rings. The minimum Gasteiger partial charge on any atom is -0.364 e. The largest absolute Gasteiger partial charge is 0.364 e. The Morgan fingerprint density at radius 3 is 2.75 bits per heavy atom. The molecule has 1 aromatic heterocycles. The van der Waals surface area contributed by atoms with E-state index in [4.69, 9.17) is 5.73 Å². The molecule has 0 saturated heterocycles. The van der Waals surface area contributed by atoms with E-state index in [9.17, 15) is 14.9 Å². The topological polar surface area (TPSA) is 91.2 Å². The van der Waals surface area contributed by atoms with Crippen molar-refractivity contribution in [3.8, 4) is 0 Å². The highest BCUT2D eigenvalue weighted by Gasteiger charge is 2.19. The number of nitrogens with two attached hydrogens (primary N) is 1. The van der Waals surface area contributed by atoms with Gasteiger partial charge in [0.1, 0.15) is 11.2 Å². The van der Waals surface area contributed by atoms with Gasteiger partial charge in [0.2, 0.25) is 0 Å². The number of hydrogen-bond donors (Lipinski definition) is 1. The van der Waals surface area contributed by atoms with Gasteiger partial charge in [-0.25, -0.2) is 0 Å². The van der Waals surface area contributed by atoms with E-state index < -0.39 is 10.8 Å². The van der Waals surface area contributed by atoms with E-state index in [1.807, 2.05) is 0 Å². The number of carbonyl (C=O) groups is 1. The zero-order valence-corrected chi connectivity index (χ0v) is 9.47. The number of fused-ring (bicyclic) bond motifs is 1. The number of nitrogens with zero attached hydrogens (tertiary/aromatic N) is 2. The van der Waals surface area contributed by atoms with Crippen LogP contribution in [0.1, 0.15) is 10.5 Å². The van der Waals surface area contributed by atoms with Gasteiger partial charge >= 0.3 is 0 Å². The quantitative estimate of drug-likeness (QED) is 0.673. The molecule has 7 heteroatoms. The second-order valence-electron chi connectivity index (χ2n) is 3.15. The van der Waals surface area contributed by atoms with Gasteiger partial charge in [-0.2, -0.15) is 0 Å². The summed E-state index contributed by atoms with van der Waals surface area (Å²) >= 11 is 3.08. The lowest BCUT2D eigenvalue weighted by Gasteiger charge is -1.98. The number of nitro groups is 1. The Balaban J connectivity index is 2.87. The zero-order valence-electron chi connectivity index (χ0n) is 7.88. The summed E-state index contributed by atoms with van der Waals surface area (Å²) < 4.78 is 1.25. The molecule has 0 atom stereocenters. The van der Waals surface area contributed by atoms with Gasteiger partial charge in [0.25, 0.3) is 11.6 Å². The first-order valence-corrected chi connectivity index (χ1v) is 4.98. The second-order valence-corrected chi connectivity index (χ2v) is 3.86. The lowest BCUT2D eigenvalue weighted by atomic mass is 10.2. The van der Waals surface area contributed by atoms with Crippen LogP contribution in [0.5, 0.6) is 0 Å². The molecule has 2 aromatic rings. The molecule has 16 heavy (non-hydrogen) atoms. The molecule has 6 nitrogen and oxygen atoms in total. The maximum atomic E-state index is 11.1. The maximum Gasteiger partial charge on any atom is 0.294 e. The number of benzene rings is 1. The molecule has 2 N–H and O–H groups in total. The first-order chi connectivity index (χ1) is 7.52. The fourth-order valence-electron chi connectivity index (χ4n) is 1.52. The average molecular weight is 284 g/mol. The van der Waals surface area contributed by atoms with Crippen LogP contribution in [0.25, 0.3) is 10.9 Å². The van der Waals surface area contributed by atoms with Crippen molar-refractivity contribution < 1.29 is 9.72 Å². The predicted octanol–water partition coefficient (Wildman–Crippen LogP) is 1.81. The van der Waals surface area contributed by atoms with Crippen LogP contribution in [0, 0.1) is 10.1 Å². The standard InChI is InChI=1S/C9H6BrN3O3/c10-12-7(9(11)14)4-5-2-1-3-6(8(5)12)13(15)16/h1-4H,(H2,11,14). The average Bonchev–Trinajstić information content (AvgIpc) is 2.56. The number of para-hydroxylation sites is 1. The van der Waals surface area contributed by atoms with Crippen LogP contribution in [0.15, 0.2) is 24.3 Å². The Kier molecular flexibility index (Phi) is 2.39. The monoisotopic (exact) mass is 283 g/mol. The SMILES string of the molecule is NC(=O)c1cc2cccc([N+](=O)[O-])c2n1Br. The number of aromatic nitrogens is 1. The summed E-state index contributed by atoms with van der Waals surface area (Å²) in [6.07, 6.45) is 0. The first kappa shape index (κ1) is 10.6. The molecule has 0 unspecified atom stereocenters. The number of carbonyl (C=O) groups excluding carboxylic acids is 1. The van der Waals surface area contributed by atoms with E-state index in [1.54, 1.807) is 12.1 Å². The van der Waals surface area contributed by atoms with E-state index in [1.165, 1.54) is 15.7 Å². The van der Waals surface area contributed by atoms with Crippen LogP contribution >= 0.6 is 16.1 Å². The molecule has 2 rings (SSSR count). The number of amides is 1. The Labute approximate surface area is 98.1 Å². The van der Waals surface area contributed by atoms with Crippen LogP contribution in [0.3, 0.4) is 0 Å².